The number of ether oxygens (including phenoxy) is 1. The van der Waals surface area contributed by atoms with Crippen LogP contribution in [0.4, 0.5) is 0 Å². The minimum atomic E-state index is -1.18. The van der Waals surface area contributed by atoms with Gasteiger partial charge in [-0.15, -0.1) is 11.3 Å². The molecule has 3 aromatic rings. The summed E-state index contributed by atoms with van der Waals surface area (Å²) in [4.78, 5) is 39.2. The van der Waals surface area contributed by atoms with Crippen LogP contribution in [0.15, 0.2) is 38.9 Å². The minimum absolute atomic E-state index is 0.0606. The van der Waals surface area contributed by atoms with Crippen LogP contribution in [0.3, 0.4) is 0 Å². The number of thiophene rings is 1. The molecule has 2 heterocycles. The second kappa shape index (κ2) is 8.78. The van der Waals surface area contributed by atoms with Crippen molar-refractivity contribution < 1.29 is 23.8 Å². The van der Waals surface area contributed by atoms with Gasteiger partial charge in [-0.1, -0.05) is 19.4 Å². The molecule has 7 heteroatoms. The zero-order valence-corrected chi connectivity index (χ0v) is 20.1. The third-order valence-electron chi connectivity index (χ3n) is 6.02. The van der Waals surface area contributed by atoms with Gasteiger partial charge in [0.05, 0.1) is 16.4 Å². The Morgan fingerprint density at radius 2 is 1.94 bits per heavy atom. The van der Waals surface area contributed by atoms with Crippen molar-refractivity contribution in [1.29, 1.82) is 0 Å². The van der Waals surface area contributed by atoms with E-state index in [1.54, 1.807) is 32.1 Å². The summed E-state index contributed by atoms with van der Waals surface area (Å²) < 4.78 is 11.7. The molecule has 1 aromatic carbocycles. The molecule has 33 heavy (non-hydrogen) atoms. The summed E-state index contributed by atoms with van der Waals surface area (Å²) in [5, 5.41) is 12.0. The highest BCUT2D eigenvalue weighted by Crippen LogP contribution is 2.56. The van der Waals surface area contributed by atoms with E-state index in [2.05, 4.69) is 6.07 Å². The number of carbonyl (C=O) groups is 2. The third kappa shape index (κ3) is 4.47. The largest absolute Gasteiger partial charge is 0.478 e. The van der Waals surface area contributed by atoms with Crippen molar-refractivity contribution in [2.24, 2.45) is 5.41 Å². The standard InChI is InChI=1S/C26H28O6S/c1-5-7-15-22(27)21-18(13-31-25(30)26(2,3)4)14(24(28)29)9-10-19(21)32-23(15)17-12-16(17)20-8-6-11-33-20/h6,8-11,16-17H,5,7,12-13H2,1-4H3,(H,28,29). The molecule has 1 N–H and O–H groups in total. The van der Waals surface area contributed by atoms with Crippen molar-refractivity contribution in [2.45, 2.75) is 65.4 Å². The van der Waals surface area contributed by atoms with Crippen LogP contribution < -0.4 is 5.43 Å². The Bertz CT molecular complexity index is 1260. The molecule has 2 atom stereocenters. The summed E-state index contributed by atoms with van der Waals surface area (Å²) in [6, 6.07) is 7.09. The molecule has 1 aliphatic rings. The van der Waals surface area contributed by atoms with Gasteiger partial charge in [0, 0.05) is 27.8 Å². The molecule has 1 fully saturated rings. The lowest BCUT2D eigenvalue weighted by atomic mass is 9.96. The van der Waals surface area contributed by atoms with Gasteiger partial charge in [0.15, 0.2) is 5.43 Å². The average Bonchev–Trinajstić information content (AvgIpc) is 3.35. The van der Waals surface area contributed by atoms with E-state index < -0.39 is 17.4 Å². The first-order chi connectivity index (χ1) is 15.6. The summed E-state index contributed by atoms with van der Waals surface area (Å²) in [7, 11) is 0. The van der Waals surface area contributed by atoms with Crippen LogP contribution >= 0.6 is 11.3 Å². The van der Waals surface area contributed by atoms with Gasteiger partial charge < -0.3 is 14.3 Å². The molecule has 0 bridgehead atoms. The normalized spacial score (nSPS) is 17.8. The predicted octanol–water partition coefficient (Wildman–Crippen LogP) is 5.87. The van der Waals surface area contributed by atoms with Gasteiger partial charge in [0.25, 0.3) is 0 Å². The van der Waals surface area contributed by atoms with Crippen LogP contribution in [0.2, 0.25) is 0 Å². The first-order valence-electron chi connectivity index (χ1n) is 11.2. The maximum Gasteiger partial charge on any atom is 0.336 e. The smallest absolute Gasteiger partial charge is 0.336 e. The van der Waals surface area contributed by atoms with Gasteiger partial charge in [0.2, 0.25) is 0 Å². The molecule has 4 rings (SSSR count). The van der Waals surface area contributed by atoms with Gasteiger partial charge in [-0.3, -0.25) is 9.59 Å². The van der Waals surface area contributed by atoms with Gasteiger partial charge in [-0.05, 0) is 57.2 Å². The molecule has 0 amide bonds. The highest BCUT2D eigenvalue weighted by molar-refractivity contribution is 7.10. The molecule has 0 spiro atoms. The van der Waals surface area contributed by atoms with Crippen LogP contribution in [0.1, 0.15) is 84.5 Å². The van der Waals surface area contributed by atoms with Crippen LogP contribution in [-0.4, -0.2) is 17.0 Å². The number of fused-ring (bicyclic) bond motifs is 1. The first kappa shape index (κ1) is 23.2. The van der Waals surface area contributed by atoms with Gasteiger partial charge in [0.1, 0.15) is 18.0 Å². The monoisotopic (exact) mass is 468 g/mol. The molecule has 0 radical (unpaired) electrons. The molecule has 0 saturated heterocycles. The Hall–Kier alpha value is -2.93. The van der Waals surface area contributed by atoms with Crippen molar-refractivity contribution in [1.82, 2.24) is 0 Å². The fraction of sp³-hybridized carbons (Fsp3) is 0.423. The number of hydrogen-bond donors (Lipinski definition) is 1. The van der Waals surface area contributed by atoms with Crippen molar-refractivity contribution in [3.05, 3.63) is 67.2 Å². The lowest BCUT2D eigenvalue weighted by Crippen LogP contribution is -2.24. The third-order valence-corrected chi connectivity index (χ3v) is 7.02. The second-order valence-electron chi connectivity index (χ2n) is 9.58. The van der Waals surface area contributed by atoms with Crippen LogP contribution in [0.5, 0.6) is 0 Å². The van der Waals surface area contributed by atoms with Gasteiger partial charge >= 0.3 is 11.9 Å². The van der Waals surface area contributed by atoms with Crippen molar-refractivity contribution in [3.8, 4) is 0 Å². The molecule has 1 aliphatic carbocycles. The molecule has 2 aromatic heterocycles. The number of aromatic carboxylic acids is 1. The maximum absolute atomic E-state index is 13.7. The van der Waals surface area contributed by atoms with E-state index >= 15 is 0 Å². The van der Waals surface area contributed by atoms with Crippen molar-refractivity contribution in [3.63, 3.8) is 0 Å². The van der Waals surface area contributed by atoms with Gasteiger partial charge in [-0.2, -0.15) is 0 Å². The molecule has 2 unspecified atom stereocenters. The number of rotatable bonds is 7. The van der Waals surface area contributed by atoms with Crippen molar-refractivity contribution in [2.75, 3.05) is 0 Å². The zero-order chi connectivity index (χ0) is 23.9. The molecule has 174 valence electrons. The van der Waals surface area contributed by atoms with E-state index in [0.717, 1.165) is 12.8 Å². The lowest BCUT2D eigenvalue weighted by Gasteiger charge is -2.18. The Balaban J connectivity index is 1.84. The highest BCUT2D eigenvalue weighted by Gasteiger charge is 2.44. The Morgan fingerprint density at radius 1 is 1.18 bits per heavy atom. The molecule has 0 aliphatic heterocycles. The van der Waals surface area contributed by atoms with E-state index in [9.17, 15) is 19.5 Å². The topological polar surface area (TPSA) is 93.8 Å². The maximum atomic E-state index is 13.7. The SMILES string of the molecule is CCCc1c(C2CC2c2cccs2)oc2ccc(C(=O)O)c(COC(=O)C(C)(C)C)c2c1=O. The quantitative estimate of drug-likeness (QED) is 0.436. The Morgan fingerprint density at radius 3 is 2.55 bits per heavy atom. The average molecular weight is 469 g/mol. The fourth-order valence-electron chi connectivity index (χ4n) is 4.20. The summed E-state index contributed by atoms with van der Waals surface area (Å²) in [6.45, 7) is 6.85. The minimum Gasteiger partial charge on any atom is -0.478 e. The number of carboxylic acid groups (broad SMARTS) is 1. The van der Waals surface area contributed by atoms with E-state index in [-0.39, 0.29) is 34.5 Å². The lowest BCUT2D eigenvalue weighted by molar-refractivity contribution is -0.154. The predicted molar refractivity (Wildman–Crippen MR) is 127 cm³/mol. The fourth-order valence-corrected chi connectivity index (χ4v) is 5.10. The number of benzene rings is 1. The van der Waals surface area contributed by atoms with E-state index in [4.69, 9.17) is 9.15 Å². The van der Waals surface area contributed by atoms with Gasteiger partial charge in [-0.25, -0.2) is 4.79 Å². The highest BCUT2D eigenvalue weighted by atomic mass is 32.1. The number of carbonyl (C=O) groups excluding carboxylic acids is 1. The van der Waals surface area contributed by atoms with E-state index in [1.807, 2.05) is 18.4 Å². The molecule has 1 saturated carbocycles. The second-order valence-corrected chi connectivity index (χ2v) is 10.6. The number of hydrogen-bond acceptors (Lipinski definition) is 6. The molecular weight excluding hydrogens is 440 g/mol. The Kier molecular flexibility index (Phi) is 6.18. The number of esters is 1. The van der Waals surface area contributed by atoms with Crippen LogP contribution in [0.25, 0.3) is 11.0 Å². The summed E-state index contributed by atoms with van der Waals surface area (Å²) in [5.74, 6) is -0.467. The van der Waals surface area contributed by atoms with Crippen molar-refractivity contribution >= 4 is 34.2 Å². The molecular formula is C26H28O6S. The first-order valence-corrected chi connectivity index (χ1v) is 12.1. The van der Waals surface area contributed by atoms with Crippen LogP contribution in [0, 0.1) is 5.41 Å². The zero-order valence-electron chi connectivity index (χ0n) is 19.3. The summed E-state index contributed by atoms with van der Waals surface area (Å²) >= 11 is 1.70. The summed E-state index contributed by atoms with van der Waals surface area (Å²) in [6.07, 6.45) is 2.22. The van der Waals surface area contributed by atoms with E-state index in [1.165, 1.54) is 17.0 Å². The number of carboxylic acids is 1. The Labute approximate surface area is 196 Å². The summed E-state index contributed by atoms with van der Waals surface area (Å²) in [5.41, 5.74) is 0.0749. The van der Waals surface area contributed by atoms with Crippen LogP contribution in [-0.2, 0) is 22.6 Å². The van der Waals surface area contributed by atoms with E-state index in [0.29, 0.717) is 29.2 Å². The molecule has 6 nitrogen and oxygen atoms in total.